The van der Waals surface area contributed by atoms with E-state index in [9.17, 15) is 4.79 Å². The molecule has 5 nitrogen and oxygen atoms in total. The summed E-state index contributed by atoms with van der Waals surface area (Å²) >= 11 is 0. The number of carbonyl (C=O) groups is 1. The van der Waals surface area contributed by atoms with Gasteiger partial charge < -0.3 is 19.7 Å². The molecule has 0 saturated carbocycles. The molecule has 2 rings (SSSR count). The third kappa shape index (κ3) is 3.71. The van der Waals surface area contributed by atoms with Gasteiger partial charge in [0.2, 0.25) is 5.91 Å². The third-order valence-electron chi connectivity index (χ3n) is 3.53. The highest BCUT2D eigenvalue weighted by Gasteiger charge is 2.18. The SMILES string of the molecule is COc1ccccc1[C@@H](C)NCC(=O)N1CCOCC1. The Morgan fingerprint density at radius 1 is 1.40 bits per heavy atom. The molecular weight excluding hydrogens is 256 g/mol. The first-order valence-electron chi connectivity index (χ1n) is 6.94. The fraction of sp³-hybridized carbons (Fsp3) is 0.533. The number of ether oxygens (including phenoxy) is 2. The standard InChI is InChI=1S/C15H22N2O3/c1-12(13-5-3-4-6-14(13)19-2)16-11-15(18)17-7-9-20-10-8-17/h3-6,12,16H,7-11H2,1-2H3/t12-/m1/s1. The molecular formula is C15H22N2O3. The summed E-state index contributed by atoms with van der Waals surface area (Å²) in [7, 11) is 1.66. The van der Waals surface area contributed by atoms with Crippen molar-refractivity contribution >= 4 is 5.91 Å². The van der Waals surface area contributed by atoms with E-state index in [1.54, 1.807) is 7.11 Å². The Morgan fingerprint density at radius 3 is 2.80 bits per heavy atom. The molecule has 0 spiro atoms. The monoisotopic (exact) mass is 278 g/mol. The molecule has 1 aliphatic heterocycles. The molecule has 1 amide bonds. The maximum Gasteiger partial charge on any atom is 0.236 e. The first kappa shape index (κ1) is 14.8. The summed E-state index contributed by atoms with van der Waals surface area (Å²) < 4.78 is 10.6. The Kier molecular flexibility index (Phi) is 5.38. The van der Waals surface area contributed by atoms with Crippen molar-refractivity contribution in [3.63, 3.8) is 0 Å². The van der Waals surface area contributed by atoms with E-state index in [1.165, 1.54) is 0 Å². The van der Waals surface area contributed by atoms with Gasteiger partial charge in [-0.1, -0.05) is 18.2 Å². The van der Waals surface area contributed by atoms with E-state index in [2.05, 4.69) is 5.32 Å². The maximum absolute atomic E-state index is 12.1. The summed E-state index contributed by atoms with van der Waals surface area (Å²) in [4.78, 5) is 13.9. The first-order chi connectivity index (χ1) is 9.72. The number of methoxy groups -OCH3 is 1. The summed E-state index contributed by atoms with van der Waals surface area (Å²) in [6.07, 6.45) is 0. The van der Waals surface area contributed by atoms with Crippen LogP contribution in [-0.4, -0.2) is 50.8 Å². The van der Waals surface area contributed by atoms with Gasteiger partial charge in [-0.3, -0.25) is 4.79 Å². The fourth-order valence-corrected chi connectivity index (χ4v) is 2.30. The van der Waals surface area contributed by atoms with E-state index in [0.717, 1.165) is 11.3 Å². The van der Waals surface area contributed by atoms with E-state index in [0.29, 0.717) is 32.8 Å². The summed E-state index contributed by atoms with van der Waals surface area (Å²) in [5.74, 6) is 0.960. The first-order valence-corrected chi connectivity index (χ1v) is 6.94. The van der Waals surface area contributed by atoms with E-state index in [4.69, 9.17) is 9.47 Å². The van der Waals surface area contributed by atoms with E-state index < -0.39 is 0 Å². The van der Waals surface area contributed by atoms with E-state index in [1.807, 2.05) is 36.1 Å². The van der Waals surface area contributed by atoms with Gasteiger partial charge in [0.15, 0.2) is 0 Å². The van der Waals surface area contributed by atoms with E-state index in [-0.39, 0.29) is 11.9 Å². The highest BCUT2D eigenvalue weighted by Crippen LogP contribution is 2.24. The fourth-order valence-electron chi connectivity index (χ4n) is 2.30. The summed E-state index contributed by atoms with van der Waals surface area (Å²) in [6, 6.07) is 7.91. The van der Waals surface area contributed by atoms with Crippen LogP contribution in [0.3, 0.4) is 0 Å². The highest BCUT2D eigenvalue weighted by atomic mass is 16.5. The number of nitrogens with one attached hydrogen (secondary N) is 1. The van der Waals surface area contributed by atoms with Gasteiger partial charge in [0, 0.05) is 24.7 Å². The number of benzene rings is 1. The second-order valence-electron chi connectivity index (χ2n) is 4.84. The summed E-state index contributed by atoms with van der Waals surface area (Å²) in [5, 5.41) is 3.26. The number of morpholine rings is 1. The number of hydrogen-bond donors (Lipinski definition) is 1. The van der Waals surface area contributed by atoms with Gasteiger partial charge in [0.25, 0.3) is 0 Å². The van der Waals surface area contributed by atoms with E-state index >= 15 is 0 Å². The van der Waals surface area contributed by atoms with Gasteiger partial charge >= 0.3 is 0 Å². The lowest BCUT2D eigenvalue weighted by molar-refractivity contribution is -0.134. The molecule has 1 N–H and O–H groups in total. The van der Waals surface area contributed by atoms with Gasteiger partial charge in [0.05, 0.1) is 26.9 Å². The molecule has 1 atom stereocenters. The van der Waals surface area contributed by atoms with Crippen LogP contribution in [0.4, 0.5) is 0 Å². The number of amides is 1. The summed E-state index contributed by atoms with van der Waals surface area (Å²) in [5.41, 5.74) is 1.06. The molecule has 1 saturated heterocycles. The summed E-state index contributed by atoms with van der Waals surface area (Å²) in [6.45, 7) is 5.00. The van der Waals surface area contributed by atoms with Crippen LogP contribution in [0.25, 0.3) is 0 Å². The zero-order valence-corrected chi connectivity index (χ0v) is 12.1. The molecule has 1 aliphatic rings. The molecule has 0 aromatic heterocycles. The Hall–Kier alpha value is -1.59. The average molecular weight is 278 g/mol. The molecule has 0 unspecified atom stereocenters. The zero-order chi connectivity index (χ0) is 14.4. The van der Waals surface area contributed by atoms with Crippen LogP contribution < -0.4 is 10.1 Å². The van der Waals surface area contributed by atoms with Crippen LogP contribution in [0.5, 0.6) is 5.75 Å². The minimum Gasteiger partial charge on any atom is -0.496 e. The molecule has 20 heavy (non-hydrogen) atoms. The number of rotatable bonds is 5. The second-order valence-corrected chi connectivity index (χ2v) is 4.84. The van der Waals surface area contributed by atoms with Crippen LogP contribution in [0, 0.1) is 0 Å². The van der Waals surface area contributed by atoms with Crippen molar-refractivity contribution in [3.8, 4) is 5.75 Å². The van der Waals surface area contributed by atoms with Gasteiger partial charge in [-0.25, -0.2) is 0 Å². The predicted octanol–water partition coefficient (Wildman–Crippen LogP) is 1.20. The highest BCUT2D eigenvalue weighted by molar-refractivity contribution is 5.78. The van der Waals surface area contributed by atoms with Crippen LogP contribution in [0.2, 0.25) is 0 Å². The quantitative estimate of drug-likeness (QED) is 0.879. The molecule has 1 aromatic rings. The predicted molar refractivity (Wildman–Crippen MR) is 76.8 cm³/mol. The molecule has 0 bridgehead atoms. The topological polar surface area (TPSA) is 50.8 Å². The largest absolute Gasteiger partial charge is 0.496 e. The van der Waals surface area contributed by atoms with Gasteiger partial charge in [0.1, 0.15) is 5.75 Å². The van der Waals surface area contributed by atoms with Crippen molar-refractivity contribution in [2.24, 2.45) is 0 Å². The van der Waals surface area contributed by atoms with Crippen molar-refractivity contribution in [3.05, 3.63) is 29.8 Å². The smallest absolute Gasteiger partial charge is 0.236 e. The number of carbonyl (C=O) groups excluding carboxylic acids is 1. The van der Waals surface area contributed by atoms with Crippen molar-refractivity contribution < 1.29 is 14.3 Å². The minimum absolute atomic E-state index is 0.0659. The van der Waals surface area contributed by atoms with Gasteiger partial charge in [-0.15, -0.1) is 0 Å². The van der Waals surface area contributed by atoms with Gasteiger partial charge in [-0.05, 0) is 13.0 Å². The molecule has 5 heteroatoms. The Balaban J connectivity index is 1.88. The molecule has 1 heterocycles. The van der Waals surface area contributed by atoms with Crippen LogP contribution in [0.15, 0.2) is 24.3 Å². The Bertz CT molecular complexity index is 444. The molecule has 1 fully saturated rings. The third-order valence-corrected chi connectivity index (χ3v) is 3.53. The van der Waals surface area contributed by atoms with Crippen LogP contribution in [0.1, 0.15) is 18.5 Å². The van der Waals surface area contributed by atoms with Crippen molar-refractivity contribution in [2.75, 3.05) is 40.0 Å². The van der Waals surface area contributed by atoms with Crippen molar-refractivity contribution in [1.82, 2.24) is 10.2 Å². The molecule has 0 radical (unpaired) electrons. The molecule has 1 aromatic carbocycles. The van der Waals surface area contributed by atoms with Crippen molar-refractivity contribution in [1.29, 1.82) is 0 Å². The number of nitrogens with zero attached hydrogens (tertiary/aromatic N) is 1. The Morgan fingerprint density at radius 2 is 2.10 bits per heavy atom. The average Bonchev–Trinajstić information content (AvgIpc) is 2.53. The van der Waals surface area contributed by atoms with Gasteiger partial charge in [-0.2, -0.15) is 0 Å². The van der Waals surface area contributed by atoms with Crippen LogP contribution >= 0.6 is 0 Å². The lowest BCUT2D eigenvalue weighted by atomic mass is 10.1. The normalized spacial score (nSPS) is 16.8. The number of hydrogen-bond acceptors (Lipinski definition) is 4. The second kappa shape index (κ2) is 7.26. The van der Waals surface area contributed by atoms with Crippen molar-refractivity contribution in [2.45, 2.75) is 13.0 Å². The number of para-hydroxylation sites is 1. The lowest BCUT2D eigenvalue weighted by Crippen LogP contribution is -2.45. The van der Waals surface area contributed by atoms with Crippen LogP contribution in [-0.2, 0) is 9.53 Å². The molecule has 0 aliphatic carbocycles. The lowest BCUT2D eigenvalue weighted by Gasteiger charge is -2.27. The zero-order valence-electron chi connectivity index (χ0n) is 12.1. The molecule has 110 valence electrons. The maximum atomic E-state index is 12.1. The Labute approximate surface area is 119 Å². The minimum atomic E-state index is 0.0659.